The number of ether oxygens (including phenoxy) is 2. The molecular weight excluding hydrogens is 404 g/mol. The van der Waals surface area contributed by atoms with E-state index < -0.39 is 16.1 Å². The third kappa shape index (κ3) is 3.25. The first-order chi connectivity index (χ1) is 14.5. The predicted molar refractivity (Wildman–Crippen MR) is 114 cm³/mol. The highest BCUT2D eigenvalue weighted by Crippen LogP contribution is 2.40. The summed E-state index contributed by atoms with van der Waals surface area (Å²) in [5.41, 5.74) is 1.40. The number of benzene rings is 3. The van der Waals surface area contributed by atoms with Gasteiger partial charge >= 0.3 is 6.03 Å². The lowest BCUT2D eigenvalue weighted by Gasteiger charge is -2.36. The van der Waals surface area contributed by atoms with Crippen LogP contribution in [0.3, 0.4) is 0 Å². The largest absolute Gasteiger partial charge is 0.493 e. The predicted octanol–water partition coefficient (Wildman–Crippen LogP) is 4.04. The number of hydrogen-bond donors (Lipinski definition) is 0. The standard InChI is InChI=1S/C22H20N2O5S/c1-28-19-13-12-17(14-20(19)29-2)24-22(25)23(15-16-8-4-3-5-9-16)18-10-6-7-11-21(18)30(24,26)27/h3-14H,15H2,1-2H3. The van der Waals surface area contributed by atoms with Crippen LogP contribution in [0.1, 0.15) is 5.56 Å². The molecule has 3 aromatic rings. The molecule has 0 radical (unpaired) electrons. The number of nitrogens with zero attached hydrogens (tertiary/aromatic N) is 2. The molecule has 4 rings (SSSR count). The Morgan fingerprint density at radius 3 is 2.20 bits per heavy atom. The van der Waals surface area contributed by atoms with Gasteiger partial charge < -0.3 is 9.47 Å². The second-order valence-electron chi connectivity index (χ2n) is 6.63. The molecule has 0 bridgehead atoms. The third-order valence-electron chi connectivity index (χ3n) is 4.86. The minimum atomic E-state index is -4.11. The molecule has 0 aromatic heterocycles. The summed E-state index contributed by atoms with van der Waals surface area (Å²) < 4.78 is 38.1. The van der Waals surface area contributed by atoms with Crippen LogP contribution in [0, 0.1) is 0 Å². The molecule has 3 aromatic carbocycles. The van der Waals surface area contributed by atoms with E-state index in [2.05, 4.69) is 0 Å². The number of rotatable bonds is 5. The van der Waals surface area contributed by atoms with Gasteiger partial charge in [-0.3, -0.25) is 4.90 Å². The fourth-order valence-electron chi connectivity index (χ4n) is 3.43. The number of sulfonamides is 1. The first kappa shape index (κ1) is 19.8. The molecule has 0 N–H and O–H groups in total. The van der Waals surface area contributed by atoms with Crippen LogP contribution in [0.4, 0.5) is 16.2 Å². The minimum absolute atomic E-state index is 0.0651. The topological polar surface area (TPSA) is 76.2 Å². The summed E-state index contributed by atoms with van der Waals surface area (Å²) in [6.45, 7) is 0.232. The van der Waals surface area contributed by atoms with Gasteiger partial charge in [0.15, 0.2) is 11.5 Å². The first-order valence-electron chi connectivity index (χ1n) is 9.19. The molecule has 154 valence electrons. The average molecular weight is 424 g/mol. The van der Waals surface area contributed by atoms with Crippen molar-refractivity contribution >= 4 is 27.4 Å². The summed E-state index contributed by atoms with van der Waals surface area (Å²) >= 11 is 0. The maximum Gasteiger partial charge on any atom is 0.343 e. The van der Waals surface area contributed by atoms with Gasteiger partial charge in [-0.25, -0.2) is 13.2 Å². The zero-order valence-electron chi connectivity index (χ0n) is 16.5. The van der Waals surface area contributed by atoms with E-state index >= 15 is 0 Å². The van der Waals surface area contributed by atoms with E-state index in [1.807, 2.05) is 30.3 Å². The van der Waals surface area contributed by atoms with Crippen molar-refractivity contribution in [3.8, 4) is 11.5 Å². The smallest absolute Gasteiger partial charge is 0.343 e. The first-order valence-corrected chi connectivity index (χ1v) is 10.6. The van der Waals surface area contributed by atoms with Crippen molar-refractivity contribution in [3.05, 3.63) is 78.4 Å². The van der Waals surface area contributed by atoms with Crippen LogP contribution in [0.5, 0.6) is 11.5 Å². The Morgan fingerprint density at radius 1 is 0.833 bits per heavy atom. The summed E-state index contributed by atoms with van der Waals surface area (Å²) in [5, 5.41) is 0. The molecule has 0 saturated carbocycles. The fraction of sp³-hybridized carbons (Fsp3) is 0.136. The molecule has 0 saturated heterocycles. The van der Waals surface area contributed by atoms with Gasteiger partial charge in [0.05, 0.1) is 32.1 Å². The van der Waals surface area contributed by atoms with Crippen molar-refractivity contribution in [1.29, 1.82) is 0 Å². The fourth-order valence-corrected chi connectivity index (χ4v) is 5.02. The number of para-hydroxylation sites is 1. The van der Waals surface area contributed by atoms with Crippen LogP contribution in [-0.2, 0) is 16.6 Å². The number of carbonyl (C=O) groups excluding carboxylic acids is 1. The van der Waals surface area contributed by atoms with Gasteiger partial charge in [-0.05, 0) is 29.8 Å². The van der Waals surface area contributed by atoms with Crippen LogP contribution in [-0.4, -0.2) is 28.7 Å². The number of hydrogen-bond acceptors (Lipinski definition) is 5. The normalized spacial score (nSPS) is 14.9. The summed E-state index contributed by atoms with van der Waals surface area (Å²) in [5.74, 6) is 0.760. The van der Waals surface area contributed by atoms with Crippen molar-refractivity contribution < 1.29 is 22.7 Å². The van der Waals surface area contributed by atoms with E-state index in [1.165, 1.54) is 37.3 Å². The van der Waals surface area contributed by atoms with Crippen LogP contribution >= 0.6 is 0 Å². The highest BCUT2D eigenvalue weighted by molar-refractivity contribution is 7.94. The number of methoxy groups -OCH3 is 2. The average Bonchev–Trinajstić information content (AvgIpc) is 2.77. The van der Waals surface area contributed by atoms with E-state index in [1.54, 1.807) is 24.3 Å². The summed E-state index contributed by atoms with van der Waals surface area (Å²) in [6, 6.07) is 19.8. The molecule has 1 aliphatic rings. The molecule has 0 aliphatic carbocycles. The molecule has 1 heterocycles. The maximum absolute atomic E-state index is 13.5. The van der Waals surface area contributed by atoms with E-state index in [9.17, 15) is 13.2 Å². The Kier molecular flexibility index (Phi) is 5.09. The second kappa shape index (κ2) is 7.72. The molecule has 30 heavy (non-hydrogen) atoms. The Bertz CT molecular complexity index is 1200. The van der Waals surface area contributed by atoms with Gasteiger partial charge in [0, 0.05) is 6.07 Å². The lowest BCUT2D eigenvalue weighted by molar-refractivity contribution is 0.253. The van der Waals surface area contributed by atoms with Gasteiger partial charge in [-0.1, -0.05) is 42.5 Å². The van der Waals surface area contributed by atoms with Crippen molar-refractivity contribution in [3.63, 3.8) is 0 Å². The summed E-state index contributed by atoms with van der Waals surface area (Å²) in [4.78, 5) is 15.0. The molecular formula is C22H20N2O5S. The molecule has 1 aliphatic heterocycles. The van der Waals surface area contributed by atoms with E-state index in [-0.39, 0.29) is 17.1 Å². The van der Waals surface area contributed by atoms with Crippen LogP contribution < -0.4 is 18.7 Å². The van der Waals surface area contributed by atoms with E-state index in [4.69, 9.17) is 9.47 Å². The van der Waals surface area contributed by atoms with E-state index in [0.717, 1.165) is 9.87 Å². The molecule has 8 heteroatoms. The Hall–Kier alpha value is -3.52. The SMILES string of the molecule is COc1ccc(N2C(=O)N(Cc3ccccc3)c3ccccc3S2(=O)=O)cc1OC. The molecule has 0 atom stereocenters. The van der Waals surface area contributed by atoms with Gasteiger partial charge in [0.2, 0.25) is 0 Å². The van der Waals surface area contributed by atoms with Crippen LogP contribution in [0.2, 0.25) is 0 Å². The highest BCUT2D eigenvalue weighted by atomic mass is 32.2. The van der Waals surface area contributed by atoms with Crippen molar-refractivity contribution in [2.75, 3.05) is 23.4 Å². The van der Waals surface area contributed by atoms with Crippen LogP contribution in [0.15, 0.2) is 77.7 Å². The number of fused-ring (bicyclic) bond motifs is 1. The second-order valence-corrected chi connectivity index (χ2v) is 8.39. The monoisotopic (exact) mass is 424 g/mol. The Balaban J connectivity index is 1.87. The lowest BCUT2D eigenvalue weighted by atomic mass is 10.2. The Labute approximate surface area is 175 Å². The van der Waals surface area contributed by atoms with Gasteiger partial charge in [0.1, 0.15) is 4.90 Å². The molecule has 0 fully saturated rings. The third-order valence-corrected chi connectivity index (χ3v) is 6.61. The molecule has 0 unspecified atom stereocenters. The van der Waals surface area contributed by atoms with Gasteiger partial charge in [-0.2, -0.15) is 4.31 Å². The lowest BCUT2D eigenvalue weighted by Crippen LogP contribution is -2.50. The summed E-state index contributed by atoms with van der Waals surface area (Å²) in [6.07, 6.45) is 0. The zero-order chi connectivity index (χ0) is 21.3. The van der Waals surface area contributed by atoms with Gasteiger partial charge in [-0.15, -0.1) is 0 Å². The maximum atomic E-state index is 13.5. The molecule has 7 nitrogen and oxygen atoms in total. The van der Waals surface area contributed by atoms with Gasteiger partial charge in [0.25, 0.3) is 10.0 Å². The van der Waals surface area contributed by atoms with E-state index in [0.29, 0.717) is 17.2 Å². The number of amides is 2. The molecule has 0 spiro atoms. The number of anilines is 2. The summed E-state index contributed by atoms with van der Waals surface area (Å²) in [7, 11) is -1.18. The number of carbonyl (C=O) groups is 1. The quantitative estimate of drug-likeness (QED) is 0.618. The number of urea groups is 1. The van der Waals surface area contributed by atoms with Crippen molar-refractivity contribution in [1.82, 2.24) is 0 Å². The van der Waals surface area contributed by atoms with Crippen molar-refractivity contribution in [2.24, 2.45) is 0 Å². The van der Waals surface area contributed by atoms with Crippen LogP contribution in [0.25, 0.3) is 0 Å². The molecule has 2 amide bonds. The Morgan fingerprint density at radius 2 is 1.50 bits per heavy atom. The van der Waals surface area contributed by atoms with Crippen molar-refractivity contribution in [2.45, 2.75) is 11.4 Å². The minimum Gasteiger partial charge on any atom is -0.493 e. The highest BCUT2D eigenvalue weighted by Gasteiger charge is 2.42. The zero-order valence-corrected chi connectivity index (χ0v) is 17.3.